The fourth-order valence-corrected chi connectivity index (χ4v) is 4.41. The van der Waals surface area contributed by atoms with Crippen LogP contribution >= 0.6 is 0 Å². The fraction of sp³-hybridized carbons (Fsp3) is 0.478. The van der Waals surface area contributed by atoms with E-state index in [1.165, 1.54) is 7.11 Å². The van der Waals surface area contributed by atoms with Gasteiger partial charge in [0, 0.05) is 18.5 Å². The van der Waals surface area contributed by atoms with Crippen LogP contribution in [0.3, 0.4) is 0 Å². The van der Waals surface area contributed by atoms with Crippen LogP contribution in [0.25, 0.3) is 0 Å². The number of hydrazine groups is 2. The number of carboxylic acids is 1. The van der Waals surface area contributed by atoms with Crippen LogP contribution in [0.4, 0.5) is 4.79 Å². The third-order valence-corrected chi connectivity index (χ3v) is 6.02. The number of aryl methyl sites for hydroxylation is 2. The standard InChI is InChI=1S/C23H29N5O8/c1-13-9-15(10-14(2)20(13)36-3)21(33)25-26-8-6-18(30)27-7-4-5-17(28(27)23(26)35)22(34)24-16(12-29)11-19(31)32/h9-10,12,16-17H,4-8,11H2,1-3H3,(H,24,34)(H,25,33)(H,31,32)/t16-,17-/m0/s1. The maximum atomic E-state index is 13.5. The van der Waals surface area contributed by atoms with E-state index in [4.69, 9.17) is 9.84 Å². The number of hydrogen-bond donors (Lipinski definition) is 3. The van der Waals surface area contributed by atoms with Crippen molar-refractivity contribution in [3.8, 4) is 5.75 Å². The summed E-state index contributed by atoms with van der Waals surface area (Å²) in [5.41, 5.74) is 4.26. The maximum absolute atomic E-state index is 13.5. The Kier molecular flexibility index (Phi) is 8.12. The van der Waals surface area contributed by atoms with Gasteiger partial charge in [0.25, 0.3) is 5.91 Å². The number of amides is 5. The van der Waals surface area contributed by atoms with Gasteiger partial charge >= 0.3 is 12.0 Å². The molecule has 0 aliphatic carbocycles. The summed E-state index contributed by atoms with van der Waals surface area (Å²) < 4.78 is 5.32. The lowest BCUT2D eigenvalue weighted by Gasteiger charge is -2.42. The molecule has 1 aromatic carbocycles. The number of nitrogens with one attached hydrogen (secondary N) is 2. The smallest absolute Gasteiger partial charge is 0.358 e. The lowest BCUT2D eigenvalue weighted by Crippen LogP contribution is -2.64. The molecule has 3 rings (SSSR count). The molecule has 194 valence electrons. The molecule has 0 unspecified atom stereocenters. The first-order valence-corrected chi connectivity index (χ1v) is 11.4. The molecular weight excluding hydrogens is 474 g/mol. The molecule has 2 aliphatic heterocycles. The number of carboxylic acid groups (broad SMARTS) is 1. The molecule has 0 bridgehead atoms. The number of hydrogen-bond acceptors (Lipinski definition) is 7. The molecule has 0 saturated carbocycles. The summed E-state index contributed by atoms with van der Waals surface area (Å²) in [6.07, 6.45) is 0.177. The molecule has 5 amide bonds. The van der Waals surface area contributed by atoms with Gasteiger partial charge in [0.05, 0.1) is 26.1 Å². The Balaban J connectivity index is 1.83. The number of aliphatic carboxylic acids is 1. The Morgan fingerprint density at radius 3 is 2.44 bits per heavy atom. The number of methoxy groups -OCH3 is 1. The predicted molar refractivity (Wildman–Crippen MR) is 123 cm³/mol. The van der Waals surface area contributed by atoms with E-state index in [1.807, 2.05) is 0 Å². The van der Waals surface area contributed by atoms with Gasteiger partial charge in [0.1, 0.15) is 18.1 Å². The van der Waals surface area contributed by atoms with Crippen LogP contribution in [0.5, 0.6) is 5.75 Å². The molecule has 2 atom stereocenters. The van der Waals surface area contributed by atoms with Gasteiger partial charge in [-0.05, 0) is 49.9 Å². The highest BCUT2D eigenvalue weighted by atomic mass is 16.5. The summed E-state index contributed by atoms with van der Waals surface area (Å²) >= 11 is 0. The van der Waals surface area contributed by atoms with Crippen LogP contribution in [0.1, 0.15) is 47.2 Å². The topological polar surface area (TPSA) is 166 Å². The number of urea groups is 1. The van der Waals surface area contributed by atoms with Crippen LogP contribution in [0.15, 0.2) is 12.1 Å². The predicted octanol–water partition coefficient (Wildman–Crippen LogP) is 0.149. The molecule has 0 aromatic heterocycles. The van der Waals surface area contributed by atoms with Gasteiger partial charge in [0.15, 0.2) is 0 Å². The second-order valence-electron chi connectivity index (χ2n) is 8.64. The van der Waals surface area contributed by atoms with Crippen molar-refractivity contribution in [3.63, 3.8) is 0 Å². The largest absolute Gasteiger partial charge is 0.496 e. The van der Waals surface area contributed by atoms with Gasteiger partial charge in [-0.25, -0.2) is 19.8 Å². The van der Waals surface area contributed by atoms with E-state index in [0.29, 0.717) is 18.5 Å². The van der Waals surface area contributed by atoms with Crippen LogP contribution in [0.2, 0.25) is 0 Å². The van der Waals surface area contributed by atoms with Crippen molar-refractivity contribution < 1.29 is 38.6 Å². The van der Waals surface area contributed by atoms with Gasteiger partial charge in [-0.2, -0.15) is 0 Å². The second-order valence-corrected chi connectivity index (χ2v) is 8.64. The normalized spacial score (nSPS) is 18.6. The van der Waals surface area contributed by atoms with Gasteiger partial charge in [0.2, 0.25) is 11.8 Å². The lowest BCUT2D eigenvalue weighted by molar-refractivity contribution is -0.155. The van der Waals surface area contributed by atoms with E-state index in [-0.39, 0.29) is 31.5 Å². The number of nitrogens with zero attached hydrogens (tertiary/aromatic N) is 3. The molecule has 36 heavy (non-hydrogen) atoms. The van der Waals surface area contributed by atoms with Crippen molar-refractivity contribution in [2.75, 3.05) is 20.2 Å². The minimum Gasteiger partial charge on any atom is -0.496 e. The highest BCUT2D eigenvalue weighted by Crippen LogP contribution is 2.26. The van der Waals surface area contributed by atoms with Crippen molar-refractivity contribution in [2.24, 2.45) is 0 Å². The number of fused-ring (bicyclic) bond motifs is 1. The monoisotopic (exact) mass is 503 g/mol. The SMILES string of the molecule is COc1c(C)cc(C(=O)NN2CCC(=O)N3CCC[C@@H](C(=O)N[C@H](C=O)CC(=O)O)N3C2=O)cc1C. The molecule has 2 saturated heterocycles. The Morgan fingerprint density at radius 1 is 1.19 bits per heavy atom. The van der Waals surface area contributed by atoms with Crippen molar-refractivity contribution in [2.45, 2.75) is 51.6 Å². The average Bonchev–Trinajstić information content (AvgIpc) is 2.95. The Hall–Kier alpha value is -4.16. The van der Waals surface area contributed by atoms with Crippen LogP contribution in [-0.2, 0) is 19.2 Å². The molecule has 0 spiro atoms. The van der Waals surface area contributed by atoms with E-state index in [1.54, 1.807) is 26.0 Å². The van der Waals surface area contributed by atoms with E-state index < -0.39 is 48.2 Å². The van der Waals surface area contributed by atoms with E-state index >= 15 is 0 Å². The van der Waals surface area contributed by atoms with E-state index in [0.717, 1.165) is 26.2 Å². The number of aldehydes is 1. The minimum absolute atomic E-state index is 0.0898. The first-order chi connectivity index (χ1) is 17.1. The molecule has 2 fully saturated rings. The average molecular weight is 504 g/mol. The second kappa shape index (κ2) is 11.1. The summed E-state index contributed by atoms with van der Waals surface area (Å²) in [6.45, 7) is 3.64. The quantitative estimate of drug-likeness (QED) is 0.422. The molecule has 1 aromatic rings. The Labute approximate surface area is 207 Å². The van der Waals surface area contributed by atoms with Gasteiger partial charge in [-0.15, -0.1) is 0 Å². The summed E-state index contributed by atoms with van der Waals surface area (Å²) in [6, 6.07) is -0.0352. The van der Waals surface area contributed by atoms with Crippen molar-refractivity contribution in [1.29, 1.82) is 0 Å². The fourth-order valence-electron chi connectivity index (χ4n) is 4.41. The zero-order valence-electron chi connectivity index (χ0n) is 20.3. The number of carbonyl (C=O) groups excluding carboxylic acids is 5. The maximum Gasteiger partial charge on any atom is 0.358 e. The molecule has 13 heteroatoms. The summed E-state index contributed by atoms with van der Waals surface area (Å²) in [4.78, 5) is 74.3. The van der Waals surface area contributed by atoms with Crippen LogP contribution < -0.4 is 15.5 Å². The van der Waals surface area contributed by atoms with Crippen LogP contribution in [-0.4, -0.2) is 88.4 Å². The summed E-state index contributed by atoms with van der Waals surface area (Å²) in [7, 11) is 1.53. The number of benzene rings is 1. The number of rotatable bonds is 8. The number of carbonyl (C=O) groups is 6. The van der Waals surface area contributed by atoms with Gasteiger partial charge in [-0.3, -0.25) is 24.6 Å². The zero-order valence-corrected chi connectivity index (χ0v) is 20.3. The highest BCUT2D eigenvalue weighted by molar-refractivity contribution is 5.97. The molecule has 3 N–H and O–H groups in total. The summed E-state index contributed by atoms with van der Waals surface area (Å²) in [5, 5.41) is 14.4. The third-order valence-electron chi connectivity index (χ3n) is 6.02. The summed E-state index contributed by atoms with van der Waals surface area (Å²) in [5.74, 6) is -2.41. The van der Waals surface area contributed by atoms with E-state index in [2.05, 4.69) is 10.7 Å². The minimum atomic E-state index is -1.29. The Morgan fingerprint density at radius 2 is 1.86 bits per heavy atom. The zero-order chi connectivity index (χ0) is 26.6. The molecule has 13 nitrogen and oxygen atoms in total. The van der Waals surface area contributed by atoms with Crippen LogP contribution in [0, 0.1) is 13.8 Å². The molecule has 0 radical (unpaired) electrons. The lowest BCUT2D eigenvalue weighted by atomic mass is 10.1. The van der Waals surface area contributed by atoms with Crippen molar-refractivity contribution >= 4 is 36.0 Å². The van der Waals surface area contributed by atoms with Crippen molar-refractivity contribution in [1.82, 2.24) is 25.8 Å². The first kappa shape index (κ1) is 26.4. The third kappa shape index (κ3) is 5.56. The molecule has 2 aliphatic rings. The Bertz CT molecular complexity index is 1070. The van der Waals surface area contributed by atoms with E-state index in [9.17, 15) is 28.8 Å². The highest BCUT2D eigenvalue weighted by Gasteiger charge is 2.44. The molecule has 2 heterocycles. The number of ether oxygens (including phenoxy) is 1. The van der Waals surface area contributed by atoms with Gasteiger partial charge < -0.3 is 20.0 Å². The van der Waals surface area contributed by atoms with Gasteiger partial charge in [-0.1, -0.05) is 0 Å². The molecular formula is C23H29N5O8. The first-order valence-electron chi connectivity index (χ1n) is 11.4. The van der Waals surface area contributed by atoms with Crippen molar-refractivity contribution in [3.05, 3.63) is 28.8 Å².